The molecule has 2 aromatic carbocycles. The van der Waals surface area contributed by atoms with Crippen LogP contribution < -0.4 is 11.0 Å². The van der Waals surface area contributed by atoms with Crippen LogP contribution in [0.4, 0.5) is 11.5 Å². The first-order chi connectivity index (χ1) is 12.2. The van der Waals surface area contributed by atoms with Crippen molar-refractivity contribution < 1.29 is 0 Å². The predicted molar refractivity (Wildman–Crippen MR) is 98.2 cm³/mol. The van der Waals surface area contributed by atoms with Gasteiger partial charge in [-0.2, -0.15) is 0 Å². The molecule has 6 nitrogen and oxygen atoms in total. The van der Waals surface area contributed by atoms with E-state index in [2.05, 4.69) is 20.3 Å². The van der Waals surface area contributed by atoms with Crippen molar-refractivity contribution in [1.29, 1.82) is 0 Å². The first kappa shape index (κ1) is 15.1. The highest BCUT2D eigenvalue weighted by molar-refractivity contribution is 5.85. The summed E-state index contributed by atoms with van der Waals surface area (Å²) >= 11 is 0. The van der Waals surface area contributed by atoms with Crippen LogP contribution in [0.2, 0.25) is 0 Å². The molecule has 0 atom stereocenters. The van der Waals surface area contributed by atoms with Gasteiger partial charge in [0.25, 0.3) is 0 Å². The number of nitrogens with one attached hydrogen (secondary N) is 2. The number of rotatable bonds is 4. The van der Waals surface area contributed by atoms with E-state index in [9.17, 15) is 4.79 Å². The number of anilines is 2. The van der Waals surface area contributed by atoms with E-state index in [1.807, 2.05) is 61.5 Å². The maximum Gasteiger partial charge on any atom is 0.328 e. The molecule has 0 aliphatic rings. The number of aryl methyl sites for hydroxylation is 1. The molecule has 0 saturated carbocycles. The van der Waals surface area contributed by atoms with E-state index in [0.29, 0.717) is 23.5 Å². The number of hydrogen-bond acceptors (Lipinski definition) is 4. The van der Waals surface area contributed by atoms with E-state index in [1.165, 1.54) is 11.9 Å². The maximum atomic E-state index is 12.4. The van der Waals surface area contributed by atoms with Gasteiger partial charge in [-0.05, 0) is 24.6 Å². The molecule has 0 aliphatic carbocycles. The summed E-state index contributed by atoms with van der Waals surface area (Å²) in [5.74, 6) is 0.581. The fraction of sp³-hybridized carbons (Fsp3) is 0.105. The van der Waals surface area contributed by atoms with Gasteiger partial charge in [0, 0.05) is 5.69 Å². The molecule has 6 heteroatoms. The lowest BCUT2D eigenvalue weighted by Gasteiger charge is -2.07. The number of benzene rings is 2. The standard InChI is InChI=1S/C19H17N5O/c1-13-7-9-15(10-8-13)22-17-16-18(21-12-20-17)24(19(25)23-16)11-14-5-3-2-4-6-14/h2-10,12H,11H2,1H3,(H,23,25)(H,20,21,22). The van der Waals surface area contributed by atoms with Crippen LogP contribution in [0, 0.1) is 6.92 Å². The van der Waals surface area contributed by atoms with Crippen LogP contribution in [-0.2, 0) is 6.54 Å². The minimum absolute atomic E-state index is 0.202. The van der Waals surface area contributed by atoms with Crippen molar-refractivity contribution in [2.24, 2.45) is 0 Å². The summed E-state index contributed by atoms with van der Waals surface area (Å²) in [6.07, 6.45) is 1.47. The average Bonchev–Trinajstić information content (AvgIpc) is 2.95. The molecule has 0 unspecified atom stereocenters. The van der Waals surface area contributed by atoms with Crippen molar-refractivity contribution in [2.45, 2.75) is 13.5 Å². The molecular weight excluding hydrogens is 314 g/mol. The van der Waals surface area contributed by atoms with E-state index >= 15 is 0 Å². The average molecular weight is 331 g/mol. The summed E-state index contributed by atoms with van der Waals surface area (Å²) in [4.78, 5) is 23.8. The third-order valence-corrected chi connectivity index (χ3v) is 4.06. The Balaban J connectivity index is 1.74. The second-order valence-corrected chi connectivity index (χ2v) is 5.91. The van der Waals surface area contributed by atoms with Gasteiger partial charge in [-0.1, -0.05) is 48.0 Å². The molecular formula is C19H17N5O. The quantitative estimate of drug-likeness (QED) is 0.602. The molecule has 0 radical (unpaired) electrons. The molecule has 0 aliphatic heterocycles. The van der Waals surface area contributed by atoms with Gasteiger partial charge in [-0.3, -0.25) is 4.57 Å². The molecule has 2 heterocycles. The maximum absolute atomic E-state index is 12.4. The molecule has 4 rings (SSSR count). The molecule has 4 aromatic rings. The number of imidazole rings is 1. The van der Waals surface area contributed by atoms with Gasteiger partial charge in [0.15, 0.2) is 11.5 Å². The van der Waals surface area contributed by atoms with Crippen molar-refractivity contribution in [3.63, 3.8) is 0 Å². The van der Waals surface area contributed by atoms with E-state index in [-0.39, 0.29) is 5.69 Å². The Kier molecular flexibility index (Phi) is 3.78. The number of hydrogen-bond donors (Lipinski definition) is 2. The number of aromatic nitrogens is 4. The molecule has 0 bridgehead atoms. The van der Waals surface area contributed by atoms with E-state index in [4.69, 9.17) is 0 Å². The Morgan fingerprint density at radius 2 is 1.80 bits per heavy atom. The summed E-state index contributed by atoms with van der Waals surface area (Å²) < 4.78 is 1.62. The number of nitrogens with zero attached hydrogens (tertiary/aromatic N) is 3. The van der Waals surface area contributed by atoms with Crippen molar-refractivity contribution >= 4 is 22.7 Å². The monoisotopic (exact) mass is 331 g/mol. The highest BCUT2D eigenvalue weighted by atomic mass is 16.1. The van der Waals surface area contributed by atoms with Crippen molar-refractivity contribution in [2.75, 3.05) is 5.32 Å². The molecule has 2 N–H and O–H groups in total. The minimum Gasteiger partial charge on any atom is -0.338 e. The normalized spacial score (nSPS) is 10.9. The summed E-state index contributed by atoms with van der Waals surface area (Å²) in [5, 5.41) is 3.24. The molecule has 25 heavy (non-hydrogen) atoms. The first-order valence-electron chi connectivity index (χ1n) is 8.02. The van der Waals surface area contributed by atoms with Crippen LogP contribution in [-0.4, -0.2) is 19.5 Å². The summed E-state index contributed by atoms with van der Waals surface area (Å²) in [7, 11) is 0. The third kappa shape index (κ3) is 3.01. The fourth-order valence-electron chi connectivity index (χ4n) is 2.75. The van der Waals surface area contributed by atoms with Crippen LogP contribution >= 0.6 is 0 Å². The summed E-state index contributed by atoms with van der Waals surface area (Å²) in [5.41, 5.74) is 4.11. The molecule has 2 aromatic heterocycles. The molecule has 0 amide bonds. The SMILES string of the molecule is Cc1ccc(Nc2ncnc3c2[nH]c(=O)n3Cc2ccccc2)cc1. The van der Waals surface area contributed by atoms with Crippen molar-refractivity contribution in [3.05, 3.63) is 82.5 Å². The van der Waals surface area contributed by atoms with Crippen LogP contribution in [0.25, 0.3) is 11.2 Å². The lowest BCUT2D eigenvalue weighted by molar-refractivity contribution is 0.777. The zero-order chi connectivity index (χ0) is 17.2. The second-order valence-electron chi connectivity index (χ2n) is 5.91. The van der Waals surface area contributed by atoms with Gasteiger partial charge >= 0.3 is 5.69 Å². The lowest BCUT2D eigenvalue weighted by Crippen LogP contribution is -2.17. The van der Waals surface area contributed by atoms with Gasteiger partial charge in [-0.15, -0.1) is 0 Å². The molecule has 0 fully saturated rings. The Morgan fingerprint density at radius 1 is 1.04 bits per heavy atom. The molecule has 124 valence electrons. The van der Waals surface area contributed by atoms with Crippen LogP contribution in [0.5, 0.6) is 0 Å². The van der Waals surface area contributed by atoms with Crippen LogP contribution in [0.1, 0.15) is 11.1 Å². The predicted octanol–water partition coefficient (Wildman–Crippen LogP) is 3.22. The van der Waals surface area contributed by atoms with Gasteiger partial charge in [-0.25, -0.2) is 14.8 Å². The van der Waals surface area contributed by atoms with Crippen molar-refractivity contribution in [3.8, 4) is 0 Å². The van der Waals surface area contributed by atoms with Crippen LogP contribution in [0.15, 0.2) is 65.7 Å². The second kappa shape index (κ2) is 6.24. The Bertz CT molecular complexity index is 1060. The van der Waals surface area contributed by atoms with Gasteiger partial charge in [0.2, 0.25) is 0 Å². The van der Waals surface area contributed by atoms with E-state index in [1.54, 1.807) is 4.57 Å². The third-order valence-electron chi connectivity index (χ3n) is 4.06. The van der Waals surface area contributed by atoms with Crippen LogP contribution in [0.3, 0.4) is 0 Å². The minimum atomic E-state index is -0.202. The lowest BCUT2D eigenvalue weighted by atomic mass is 10.2. The van der Waals surface area contributed by atoms with Gasteiger partial charge < -0.3 is 10.3 Å². The molecule has 0 saturated heterocycles. The highest BCUT2D eigenvalue weighted by Gasteiger charge is 2.13. The number of H-pyrrole nitrogens is 1. The Labute approximate surface area is 144 Å². The zero-order valence-corrected chi connectivity index (χ0v) is 13.7. The van der Waals surface area contributed by atoms with Gasteiger partial charge in [0.05, 0.1) is 6.54 Å². The highest BCUT2D eigenvalue weighted by Crippen LogP contribution is 2.21. The van der Waals surface area contributed by atoms with Gasteiger partial charge in [0.1, 0.15) is 11.8 Å². The summed E-state index contributed by atoms with van der Waals surface area (Å²) in [6, 6.07) is 17.8. The zero-order valence-electron chi connectivity index (χ0n) is 13.7. The fourth-order valence-corrected chi connectivity index (χ4v) is 2.75. The smallest absolute Gasteiger partial charge is 0.328 e. The number of fused-ring (bicyclic) bond motifs is 1. The Hall–Kier alpha value is -3.41. The Morgan fingerprint density at radius 3 is 2.56 bits per heavy atom. The van der Waals surface area contributed by atoms with E-state index in [0.717, 1.165) is 11.3 Å². The summed E-state index contributed by atoms with van der Waals surface area (Å²) in [6.45, 7) is 2.49. The van der Waals surface area contributed by atoms with Crippen molar-refractivity contribution in [1.82, 2.24) is 19.5 Å². The largest absolute Gasteiger partial charge is 0.338 e. The van der Waals surface area contributed by atoms with E-state index < -0.39 is 0 Å². The number of aromatic amines is 1. The topological polar surface area (TPSA) is 75.6 Å². The molecule has 0 spiro atoms. The first-order valence-corrected chi connectivity index (χ1v) is 8.02.